The quantitative estimate of drug-likeness (QED) is 0.298. The molecular formula is C35H42F2N8O2. The number of anilines is 1. The number of carbonyl (C=O) groups excluding carboxylic acids is 1. The third kappa shape index (κ3) is 5.38. The molecule has 248 valence electrons. The Kier molecular flexibility index (Phi) is 7.53. The summed E-state index contributed by atoms with van der Waals surface area (Å²) in [7, 11) is 0. The normalized spacial score (nSPS) is 26.9. The average Bonchev–Trinajstić information content (AvgIpc) is 3.73. The molecule has 0 radical (unpaired) electrons. The highest BCUT2D eigenvalue weighted by molar-refractivity contribution is 5.99. The van der Waals surface area contributed by atoms with Gasteiger partial charge in [0.05, 0.1) is 28.2 Å². The first-order valence-electron chi connectivity index (χ1n) is 17.1. The predicted octanol–water partition coefficient (Wildman–Crippen LogP) is 5.56. The molecule has 6 bridgehead atoms. The molecular weight excluding hydrogens is 602 g/mol. The van der Waals surface area contributed by atoms with Crippen molar-refractivity contribution in [1.82, 2.24) is 35.4 Å². The number of aryl methyl sites for hydroxylation is 1. The Morgan fingerprint density at radius 3 is 2.81 bits per heavy atom. The summed E-state index contributed by atoms with van der Waals surface area (Å²) in [4.78, 5) is 31.8. The number of pyridine rings is 1. The van der Waals surface area contributed by atoms with Crippen LogP contribution in [0.15, 0.2) is 18.5 Å². The maximum atomic E-state index is 17.1. The van der Waals surface area contributed by atoms with Gasteiger partial charge < -0.3 is 15.0 Å². The summed E-state index contributed by atoms with van der Waals surface area (Å²) >= 11 is 0. The van der Waals surface area contributed by atoms with E-state index in [1.54, 1.807) is 12.4 Å². The van der Waals surface area contributed by atoms with Crippen molar-refractivity contribution in [2.75, 3.05) is 37.7 Å². The summed E-state index contributed by atoms with van der Waals surface area (Å²) < 4.78 is 38.0. The number of nitrogens with zero attached hydrogens (tertiary/aromatic N) is 6. The van der Waals surface area contributed by atoms with Crippen LogP contribution in [0.4, 0.5) is 14.6 Å². The Hall–Kier alpha value is -3.93. The Morgan fingerprint density at radius 1 is 1.06 bits per heavy atom. The van der Waals surface area contributed by atoms with Gasteiger partial charge in [0.1, 0.15) is 29.8 Å². The molecule has 2 N–H and O–H groups in total. The number of halogens is 2. The number of hydrogen-bond acceptors (Lipinski definition) is 8. The third-order valence-corrected chi connectivity index (χ3v) is 11.0. The first kappa shape index (κ1) is 30.4. The van der Waals surface area contributed by atoms with Gasteiger partial charge in [-0.1, -0.05) is 6.42 Å². The first-order chi connectivity index (χ1) is 22.7. The molecule has 0 spiro atoms. The van der Waals surface area contributed by atoms with Gasteiger partial charge in [0.25, 0.3) is 0 Å². The van der Waals surface area contributed by atoms with Crippen LogP contribution in [0.3, 0.4) is 0 Å². The zero-order valence-electron chi connectivity index (χ0n) is 27.2. The molecule has 3 atom stereocenters. The molecule has 4 aromatic rings. The molecule has 47 heavy (non-hydrogen) atoms. The van der Waals surface area contributed by atoms with Crippen LogP contribution in [0.1, 0.15) is 75.8 Å². The second kappa shape index (κ2) is 11.6. The number of rotatable bonds is 3. The van der Waals surface area contributed by atoms with Crippen molar-refractivity contribution in [2.24, 2.45) is 0 Å². The highest BCUT2D eigenvalue weighted by Gasteiger charge is 2.49. The summed E-state index contributed by atoms with van der Waals surface area (Å²) in [5.74, 6) is 0.0426. The van der Waals surface area contributed by atoms with Crippen LogP contribution in [0.5, 0.6) is 6.01 Å². The van der Waals surface area contributed by atoms with Gasteiger partial charge in [-0.15, -0.1) is 0 Å². The fraction of sp³-hybridized carbons (Fsp3) is 0.571. The van der Waals surface area contributed by atoms with Crippen LogP contribution in [0.2, 0.25) is 0 Å². The number of aromatic amines is 1. The number of aromatic nitrogens is 5. The number of alkyl halides is 1. The van der Waals surface area contributed by atoms with Gasteiger partial charge in [-0.05, 0) is 82.5 Å². The minimum atomic E-state index is -0.890. The molecule has 1 aromatic carbocycles. The molecule has 3 fully saturated rings. The molecule has 5 aliphatic rings. The molecule has 0 saturated carbocycles. The number of ether oxygens (including phenoxy) is 1. The maximum absolute atomic E-state index is 17.1. The summed E-state index contributed by atoms with van der Waals surface area (Å²) in [6, 6.07) is 2.12. The minimum Gasteiger partial charge on any atom is -0.461 e. The van der Waals surface area contributed by atoms with Crippen LogP contribution >= 0.6 is 0 Å². The molecule has 3 aromatic heterocycles. The van der Waals surface area contributed by atoms with Crippen molar-refractivity contribution in [3.05, 3.63) is 35.4 Å². The summed E-state index contributed by atoms with van der Waals surface area (Å²) in [5, 5.41) is 11.9. The Balaban J connectivity index is 1.29. The highest BCUT2D eigenvalue weighted by Crippen LogP contribution is 2.42. The van der Waals surface area contributed by atoms with Crippen molar-refractivity contribution in [3.63, 3.8) is 0 Å². The summed E-state index contributed by atoms with van der Waals surface area (Å²) in [6.07, 6.45) is 10.1. The van der Waals surface area contributed by atoms with E-state index in [-0.39, 0.29) is 29.7 Å². The van der Waals surface area contributed by atoms with E-state index >= 15 is 4.39 Å². The lowest BCUT2D eigenvalue weighted by atomic mass is 9.90. The van der Waals surface area contributed by atoms with Crippen molar-refractivity contribution in [1.29, 1.82) is 0 Å². The van der Waals surface area contributed by atoms with Crippen molar-refractivity contribution >= 4 is 33.5 Å². The van der Waals surface area contributed by atoms with Crippen LogP contribution in [-0.2, 0) is 11.2 Å². The molecule has 12 heteroatoms. The topological polar surface area (TPSA) is 112 Å². The van der Waals surface area contributed by atoms with Gasteiger partial charge in [-0.2, -0.15) is 15.1 Å². The number of hydrogen-bond donors (Lipinski definition) is 2. The molecule has 1 amide bonds. The van der Waals surface area contributed by atoms with E-state index in [0.717, 1.165) is 73.5 Å². The van der Waals surface area contributed by atoms with Gasteiger partial charge in [-0.3, -0.25) is 19.8 Å². The number of piperidine rings is 1. The average molecular weight is 645 g/mol. The highest BCUT2D eigenvalue weighted by atomic mass is 19.1. The predicted molar refractivity (Wildman–Crippen MR) is 176 cm³/mol. The molecule has 3 saturated heterocycles. The van der Waals surface area contributed by atoms with Gasteiger partial charge >= 0.3 is 6.01 Å². The minimum absolute atomic E-state index is 0.0481. The fourth-order valence-electron chi connectivity index (χ4n) is 8.70. The summed E-state index contributed by atoms with van der Waals surface area (Å²) in [5.41, 5.74) is 3.04. The van der Waals surface area contributed by atoms with E-state index in [0.29, 0.717) is 55.7 Å². The molecule has 5 aliphatic heterocycles. The number of nitrogens with one attached hydrogen (secondary N) is 2. The molecule has 9 rings (SSSR count). The van der Waals surface area contributed by atoms with Crippen LogP contribution in [0, 0.1) is 12.7 Å². The monoisotopic (exact) mass is 644 g/mol. The lowest BCUT2D eigenvalue weighted by Crippen LogP contribution is -2.57. The Morgan fingerprint density at radius 2 is 1.91 bits per heavy atom. The van der Waals surface area contributed by atoms with Gasteiger partial charge in [0.15, 0.2) is 5.82 Å². The lowest BCUT2D eigenvalue weighted by molar-refractivity contribution is -0.123. The second-order valence-corrected chi connectivity index (χ2v) is 14.4. The van der Waals surface area contributed by atoms with Gasteiger partial charge in [0.2, 0.25) is 5.91 Å². The van der Waals surface area contributed by atoms with Crippen LogP contribution in [0.25, 0.3) is 33.1 Å². The standard InChI is InChI=1S/C35H42F2N8O2/c1-21-14-26-24(17-39-43-26)28-23(21)8-4-3-5-9-27(46)42-34(2)10-6-12-44(19-34)32-25-16-38-31(28)29(37)30(25)40-33(41-32)47-20-35-11-7-13-45(35)18-22(36)15-35/h14,16-17,22H,3-13,15,18-20H2,1-2H3,(H,39,43)(H,42,46)/t22-,34-,35+/m1/s1. The van der Waals surface area contributed by atoms with Crippen molar-refractivity contribution in [3.8, 4) is 17.3 Å². The molecule has 8 heterocycles. The number of amides is 1. The fourth-order valence-corrected chi connectivity index (χ4v) is 8.70. The summed E-state index contributed by atoms with van der Waals surface area (Å²) in [6.45, 7) is 6.78. The number of fused-ring (bicyclic) bond motifs is 9. The largest absolute Gasteiger partial charge is 0.461 e. The van der Waals surface area contributed by atoms with Gasteiger partial charge in [0, 0.05) is 49.6 Å². The molecule has 0 aliphatic carbocycles. The van der Waals surface area contributed by atoms with E-state index in [9.17, 15) is 9.18 Å². The first-order valence-corrected chi connectivity index (χ1v) is 17.1. The van der Waals surface area contributed by atoms with E-state index < -0.39 is 23.1 Å². The molecule has 0 unspecified atom stereocenters. The zero-order chi connectivity index (χ0) is 32.3. The maximum Gasteiger partial charge on any atom is 0.319 e. The van der Waals surface area contributed by atoms with Crippen molar-refractivity contribution < 1.29 is 18.3 Å². The second-order valence-electron chi connectivity index (χ2n) is 14.4. The lowest BCUT2D eigenvalue weighted by Gasteiger charge is -2.42. The third-order valence-electron chi connectivity index (χ3n) is 11.0. The Bertz CT molecular complexity index is 1860. The SMILES string of the molecule is Cc1cc2[nH]ncc2c2c1CCCCCC(=O)N[C@]1(C)CCCN(C1)c1nc(OC[C@@]34CCCN3C[C@H](F)C4)nc3c(F)c-2ncc13. The van der Waals surface area contributed by atoms with Gasteiger partial charge in [-0.25, -0.2) is 8.78 Å². The zero-order valence-corrected chi connectivity index (χ0v) is 27.2. The van der Waals surface area contributed by atoms with E-state index in [4.69, 9.17) is 19.7 Å². The number of benzene rings is 1. The number of carbonyl (C=O) groups is 1. The molecule has 10 nitrogen and oxygen atoms in total. The van der Waals surface area contributed by atoms with E-state index in [1.807, 2.05) is 13.0 Å². The van der Waals surface area contributed by atoms with Crippen LogP contribution < -0.4 is 15.0 Å². The van der Waals surface area contributed by atoms with Crippen LogP contribution in [-0.4, -0.2) is 86.0 Å². The van der Waals surface area contributed by atoms with E-state index in [1.165, 1.54) is 0 Å². The number of H-pyrrole nitrogens is 1. The van der Waals surface area contributed by atoms with Crippen molar-refractivity contribution in [2.45, 2.75) is 95.3 Å². The van der Waals surface area contributed by atoms with E-state index in [2.05, 4.69) is 32.2 Å². The Labute approximate surface area is 272 Å². The smallest absolute Gasteiger partial charge is 0.319 e.